The third-order valence-electron chi connectivity index (χ3n) is 2.74. The molecule has 3 heterocycles. The van der Waals surface area contributed by atoms with Gasteiger partial charge in [-0.05, 0) is 18.2 Å². The van der Waals surface area contributed by atoms with Gasteiger partial charge in [0.1, 0.15) is 17.2 Å². The second kappa shape index (κ2) is 4.03. The van der Waals surface area contributed by atoms with Crippen LogP contribution in [0, 0.1) is 0 Å². The van der Waals surface area contributed by atoms with E-state index in [4.69, 9.17) is 10.5 Å². The number of anilines is 1. The second-order valence-electron chi connectivity index (χ2n) is 3.84. The molecule has 0 bridgehead atoms. The van der Waals surface area contributed by atoms with Crippen LogP contribution in [0.15, 0.2) is 42.6 Å². The SMILES string of the molecule is COc1cccc(-c2nc3ccccn3c2N)n1. The molecule has 18 heavy (non-hydrogen) atoms. The topological polar surface area (TPSA) is 65.4 Å². The standard InChI is InChI=1S/C13H12N4O/c1-18-11-7-4-5-9(15-11)12-13(14)17-8-3-2-6-10(17)16-12/h2-8H,14H2,1H3. The molecule has 0 aliphatic rings. The van der Waals surface area contributed by atoms with Crippen LogP contribution in [-0.2, 0) is 0 Å². The molecule has 5 heteroatoms. The molecule has 0 atom stereocenters. The van der Waals surface area contributed by atoms with Crippen LogP contribution in [0.1, 0.15) is 0 Å². The normalized spacial score (nSPS) is 10.7. The highest BCUT2D eigenvalue weighted by molar-refractivity contribution is 5.72. The van der Waals surface area contributed by atoms with Crippen molar-refractivity contribution in [1.29, 1.82) is 0 Å². The van der Waals surface area contributed by atoms with E-state index in [0.29, 0.717) is 23.1 Å². The molecule has 3 aromatic rings. The van der Waals surface area contributed by atoms with Gasteiger partial charge in [-0.2, -0.15) is 0 Å². The number of methoxy groups -OCH3 is 1. The minimum atomic E-state index is 0.545. The van der Waals surface area contributed by atoms with Crippen LogP contribution in [-0.4, -0.2) is 21.5 Å². The Kier molecular flexibility index (Phi) is 2.37. The number of rotatable bonds is 2. The van der Waals surface area contributed by atoms with Crippen molar-refractivity contribution in [2.45, 2.75) is 0 Å². The number of nitrogen functional groups attached to an aromatic ring is 1. The molecular formula is C13H12N4O. The summed E-state index contributed by atoms with van der Waals surface area (Å²) in [6, 6.07) is 11.2. The first-order valence-electron chi connectivity index (χ1n) is 5.53. The quantitative estimate of drug-likeness (QED) is 0.744. The van der Waals surface area contributed by atoms with Crippen LogP contribution < -0.4 is 10.5 Å². The maximum Gasteiger partial charge on any atom is 0.213 e. The Hall–Kier alpha value is -2.56. The summed E-state index contributed by atoms with van der Waals surface area (Å²) in [6.45, 7) is 0. The van der Waals surface area contributed by atoms with E-state index < -0.39 is 0 Å². The van der Waals surface area contributed by atoms with Gasteiger partial charge in [0.2, 0.25) is 5.88 Å². The number of pyridine rings is 2. The highest BCUT2D eigenvalue weighted by Crippen LogP contribution is 2.25. The number of fused-ring (bicyclic) bond motifs is 1. The van der Waals surface area contributed by atoms with Crippen molar-refractivity contribution >= 4 is 11.5 Å². The van der Waals surface area contributed by atoms with Gasteiger partial charge >= 0.3 is 0 Å². The largest absolute Gasteiger partial charge is 0.481 e. The molecule has 0 saturated heterocycles. The lowest BCUT2D eigenvalue weighted by Crippen LogP contribution is -1.95. The smallest absolute Gasteiger partial charge is 0.213 e. The summed E-state index contributed by atoms with van der Waals surface area (Å²) in [5.41, 5.74) is 8.25. The lowest BCUT2D eigenvalue weighted by molar-refractivity contribution is 0.398. The number of ether oxygens (including phenoxy) is 1. The fraction of sp³-hybridized carbons (Fsp3) is 0.0769. The zero-order chi connectivity index (χ0) is 12.5. The van der Waals surface area contributed by atoms with Crippen molar-refractivity contribution in [2.24, 2.45) is 0 Å². The first kappa shape index (κ1) is 10.6. The molecule has 0 radical (unpaired) electrons. The van der Waals surface area contributed by atoms with Gasteiger partial charge in [-0.25, -0.2) is 9.97 Å². The maximum atomic E-state index is 6.08. The molecule has 2 N–H and O–H groups in total. The molecule has 5 nitrogen and oxygen atoms in total. The van der Waals surface area contributed by atoms with Crippen molar-refractivity contribution in [3.05, 3.63) is 42.6 Å². The second-order valence-corrected chi connectivity index (χ2v) is 3.84. The van der Waals surface area contributed by atoms with Crippen LogP contribution in [0.4, 0.5) is 5.82 Å². The van der Waals surface area contributed by atoms with E-state index in [2.05, 4.69) is 9.97 Å². The fourth-order valence-corrected chi connectivity index (χ4v) is 1.86. The number of nitrogens with zero attached hydrogens (tertiary/aromatic N) is 3. The van der Waals surface area contributed by atoms with E-state index in [0.717, 1.165) is 5.65 Å². The Morgan fingerprint density at radius 3 is 2.78 bits per heavy atom. The molecule has 0 fully saturated rings. The predicted octanol–water partition coefficient (Wildman–Crippen LogP) is 1.99. The van der Waals surface area contributed by atoms with E-state index in [1.54, 1.807) is 13.2 Å². The van der Waals surface area contributed by atoms with Crippen LogP contribution in [0.2, 0.25) is 0 Å². The summed E-state index contributed by atoms with van der Waals surface area (Å²) in [4.78, 5) is 8.82. The van der Waals surface area contributed by atoms with E-state index in [1.165, 1.54) is 0 Å². The Morgan fingerprint density at radius 2 is 2.00 bits per heavy atom. The van der Waals surface area contributed by atoms with Crippen molar-refractivity contribution in [3.63, 3.8) is 0 Å². The Labute approximate surface area is 104 Å². The molecule has 3 rings (SSSR count). The van der Waals surface area contributed by atoms with Gasteiger partial charge < -0.3 is 10.5 Å². The van der Waals surface area contributed by atoms with Gasteiger partial charge in [0, 0.05) is 12.3 Å². The molecule has 3 aromatic heterocycles. The van der Waals surface area contributed by atoms with Gasteiger partial charge in [0.25, 0.3) is 0 Å². The highest BCUT2D eigenvalue weighted by atomic mass is 16.5. The van der Waals surface area contributed by atoms with Gasteiger partial charge in [0.05, 0.1) is 12.8 Å². The highest BCUT2D eigenvalue weighted by Gasteiger charge is 2.12. The van der Waals surface area contributed by atoms with E-state index in [-0.39, 0.29) is 0 Å². The molecular weight excluding hydrogens is 228 g/mol. The molecule has 0 spiro atoms. The summed E-state index contributed by atoms with van der Waals surface area (Å²) in [5.74, 6) is 1.12. The Bertz CT molecular complexity index is 705. The van der Waals surface area contributed by atoms with Crippen LogP contribution in [0.5, 0.6) is 5.88 Å². The van der Waals surface area contributed by atoms with Crippen molar-refractivity contribution in [3.8, 4) is 17.3 Å². The van der Waals surface area contributed by atoms with Gasteiger partial charge in [-0.1, -0.05) is 12.1 Å². The van der Waals surface area contributed by atoms with Gasteiger partial charge in [-0.15, -0.1) is 0 Å². The van der Waals surface area contributed by atoms with Crippen molar-refractivity contribution in [2.75, 3.05) is 12.8 Å². The van der Waals surface area contributed by atoms with Crippen LogP contribution >= 0.6 is 0 Å². The van der Waals surface area contributed by atoms with Crippen molar-refractivity contribution in [1.82, 2.24) is 14.4 Å². The average molecular weight is 240 g/mol. The Morgan fingerprint density at radius 1 is 1.11 bits per heavy atom. The minimum absolute atomic E-state index is 0.545. The van der Waals surface area contributed by atoms with E-state index in [1.807, 2.05) is 40.9 Å². The summed E-state index contributed by atoms with van der Waals surface area (Å²) in [7, 11) is 1.58. The van der Waals surface area contributed by atoms with Crippen molar-refractivity contribution < 1.29 is 4.74 Å². The maximum absolute atomic E-state index is 6.08. The number of hydrogen-bond acceptors (Lipinski definition) is 4. The summed E-state index contributed by atoms with van der Waals surface area (Å²) in [5, 5.41) is 0. The predicted molar refractivity (Wildman–Crippen MR) is 69.4 cm³/mol. The molecule has 90 valence electrons. The monoisotopic (exact) mass is 240 g/mol. The number of aromatic nitrogens is 3. The first-order valence-corrected chi connectivity index (χ1v) is 5.53. The zero-order valence-electron chi connectivity index (χ0n) is 9.87. The molecule has 0 amide bonds. The third-order valence-corrected chi connectivity index (χ3v) is 2.74. The molecule has 0 aromatic carbocycles. The Balaban J connectivity index is 2.21. The van der Waals surface area contributed by atoms with E-state index in [9.17, 15) is 0 Å². The minimum Gasteiger partial charge on any atom is -0.481 e. The molecule has 0 unspecified atom stereocenters. The molecule has 0 aliphatic heterocycles. The first-order chi connectivity index (χ1) is 8.79. The third kappa shape index (κ3) is 1.57. The summed E-state index contributed by atoms with van der Waals surface area (Å²) >= 11 is 0. The van der Waals surface area contributed by atoms with Gasteiger partial charge in [0.15, 0.2) is 0 Å². The van der Waals surface area contributed by atoms with Crippen LogP contribution in [0.25, 0.3) is 17.0 Å². The lowest BCUT2D eigenvalue weighted by atomic mass is 10.3. The van der Waals surface area contributed by atoms with E-state index >= 15 is 0 Å². The fourth-order valence-electron chi connectivity index (χ4n) is 1.86. The zero-order valence-corrected chi connectivity index (χ0v) is 9.87. The number of nitrogens with two attached hydrogens (primary N) is 1. The number of imidazole rings is 1. The van der Waals surface area contributed by atoms with Gasteiger partial charge in [-0.3, -0.25) is 4.40 Å². The molecule has 0 aliphatic carbocycles. The van der Waals surface area contributed by atoms with Crippen LogP contribution in [0.3, 0.4) is 0 Å². The average Bonchev–Trinajstić information content (AvgIpc) is 2.77. The molecule has 0 saturated carbocycles. The summed E-state index contributed by atoms with van der Waals surface area (Å²) in [6.07, 6.45) is 1.88. The summed E-state index contributed by atoms with van der Waals surface area (Å²) < 4.78 is 6.93. The number of hydrogen-bond donors (Lipinski definition) is 1. The lowest BCUT2D eigenvalue weighted by Gasteiger charge is -2.01.